The van der Waals surface area contributed by atoms with Gasteiger partial charge in [-0.25, -0.2) is 4.68 Å². The van der Waals surface area contributed by atoms with E-state index in [0.717, 1.165) is 11.4 Å². The van der Waals surface area contributed by atoms with E-state index in [0.29, 0.717) is 11.4 Å². The van der Waals surface area contributed by atoms with Gasteiger partial charge < -0.3 is 0 Å². The van der Waals surface area contributed by atoms with Crippen LogP contribution in [0.5, 0.6) is 0 Å². The number of benzene rings is 1. The highest BCUT2D eigenvalue weighted by atomic mass is 32.2. The first-order chi connectivity index (χ1) is 8.33. The Bertz CT molecular complexity index is 495. The molecule has 1 aromatic carbocycles. The molecule has 0 aliphatic heterocycles. The van der Waals surface area contributed by atoms with Crippen molar-refractivity contribution in [3.05, 3.63) is 42.2 Å². The Balaban J connectivity index is 2.26. The fourth-order valence-corrected chi connectivity index (χ4v) is 1.99. The number of hydrogen-bond acceptors (Lipinski definition) is 4. The molecule has 1 aromatic heterocycles. The molecule has 0 bridgehead atoms. The fourth-order valence-electron chi connectivity index (χ4n) is 1.45. The second-order valence-electron chi connectivity index (χ2n) is 3.43. The van der Waals surface area contributed by atoms with Crippen LogP contribution in [0.2, 0.25) is 0 Å². The van der Waals surface area contributed by atoms with Gasteiger partial charge in [0, 0.05) is 0 Å². The number of thioether (sulfide) groups is 1. The van der Waals surface area contributed by atoms with Crippen molar-refractivity contribution in [2.75, 3.05) is 11.5 Å². The molecule has 17 heavy (non-hydrogen) atoms. The largest absolute Gasteiger partial charge is 0.291 e. The summed E-state index contributed by atoms with van der Waals surface area (Å²) in [5.74, 6) is 1.46. The van der Waals surface area contributed by atoms with Crippen LogP contribution < -0.4 is 0 Å². The molecule has 0 amide bonds. The first kappa shape index (κ1) is 11.9. The minimum atomic E-state index is 0.0608. The summed E-state index contributed by atoms with van der Waals surface area (Å²) >= 11 is 1.60. The van der Waals surface area contributed by atoms with E-state index in [4.69, 9.17) is 0 Å². The van der Waals surface area contributed by atoms with Crippen LogP contribution >= 0.6 is 11.8 Å². The number of Topliss-reactive ketones (excluding diaryl/α,β-unsaturated/α-hetero) is 1. The van der Waals surface area contributed by atoms with E-state index in [1.807, 2.05) is 37.3 Å². The predicted molar refractivity (Wildman–Crippen MR) is 68.7 cm³/mol. The number of carbonyl (C=O) groups excluding carboxylic acids is 1. The molecule has 0 fully saturated rings. The molecule has 0 spiro atoms. The molecule has 0 N–H and O–H groups in total. The maximum atomic E-state index is 11.9. The van der Waals surface area contributed by atoms with Gasteiger partial charge in [-0.1, -0.05) is 30.3 Å². The van der Waals surface area contributed by atoms with E-state index in [1.54, 1.807) is 16.4 Å². The lowest BCUT2D eigenvalue weighted by Crippen LogP contribution is -2.10. The molecule has 0 saturated heterocycles. The lowest BCUT2D eigenvalue weighted by Gasteiger charge is -2.04. The summed E-state index contributed by atoms with van der Waals surface area (Å²) in [4.78, 5) is 11.9. The van der Waals surface area contributed by atoms with Crippen LogP contribution in [0.4, 0.5) is 0 Å². The summed E-state index contributed by atoms with van der Waals surface area (Å²) in [6.45, 7) is 2.03. The van der Waals surface area contributed by atoms with Gasteiger partial charge in [-0.15, -0.1) is 5.10 Å². The molecular weight excluding hydrogens is 234 g/mol. The summed E-state index contributed by atoms with van der Waals surface area (Å²) in [6.07, 6.45) is 1.52. The van der Waals surface area contributed by atoms with Gasteiger partial charge >= 0.3 is 0 Å². The Hall–Kier alpha value is -1.62. The Morgan fingerprint density at radius 3 is 2.82 bits per heavy atom. The van der Waals surface area contributed by atoms with E-state index in [9.17, 15) is 4.79 Å². The van der Waals surface area contributed by atoms with E-state index < -0.39 is 0 Å². The van der Waals surface area contributed by atoms with Gasteiger partial charge in [-0.3, -0.25) is 4.79 Å². The minimum Gasteiger partial charge on any atom is -0.291 e. The average Bonchev–Trinajstić information content (AvgIpc) is 2.86. The fraction of sp³-hybridized carbons (Fsp3) is 0.250. The van der Waals surface area contributed by atoms with Gasteiger partial charge in [0.05, 0.1) is 17.6 Å². The first-order valence-electron chi connectivity index (χ1n) is 5.40. The van der Waals surface area contributed by atoms with Gasteiger partial charge in [0.1, 0.15) is 5.69 Å². The maximum Gasteiger partial charge on any atom is 0.192 e. The van der Waals surface area contributed by atoms with E-state index in [2.05, 4.69) is 10.3 Å². The Morgan fingerprint density at radius 1 is 1.35 bits per heavy atom. The third-order valence-corrected chi connectivity index (χ3v) is 3.15. The smallest absolute Gasteiger partial charge is 0.192 e. The average molecular weight is 247 g/mol. The van der Waals surface area contributed by atoms with Crippen LogP contribution in [-0.4, -0.2) is 32.3 Å². The van der Waals surface area contributed by atoms with Gasteiger partial charge in [-0.05, 0) is 17.9 Å². The van der Waals surface area contributed by atoms with Crippen molar-refractivity contribution in [3.8, 4) is 5.69 Å². The zero-order valence-corrected chi connectivity index (χ0v) is 10.4. The third kappa shape index (κ3) is 2.74. The topological polar surface area (TPSA) is 47.8 Å². The van der Waals surface area contributed by atoms with Crippen molar-refractivity contribution in [2.45, 2.75) is 6.92 Å². The highest BCUT2D eigenvalue weighted by molar-refractivity contribution is 7.99. The quantitative estimate of drug-likeness (QED) is 0.760. The lowest BCUT2D eigenvalue weighted by atomic mass is 10.3. The summed E-state index contributed by atoms with van der Waals surface area (Å²) in [7, 11) is 0. The van der Waals surface area contributed by atoms with Crippen molar-refractivity contribution in [2.24, 2.45) is 0 Å². The summed E-state index contributed by atoms with van der Waals surface area (Å²) in [6, 6.07) is 9.55. The summed E-state index contributed by atoms with van der Waals surface area (Å²) in [5.41, 5.74) is 1.40. The number of para-hydroxylation sites is 1. The van der Waals surface area contributed by atoms with Crippen LogP contribution in [0, 0.1) is 0 Å². The molecule has 0 saturated carbocycles. The number of ketones is 1. The highest BCUT2D eigenvalue weighted by Crippen LogP contribution is 2.11. The van der Waals surface area contributed by atoms with Crippen LogP contribution in [0.3, 0.4) is 0 Å². The number of carbonyl (C=O) groups is 1. The lowest BCUT2D eigenvalue weighted by molar-refractivity contribution is 0.101. The zero-order valence-electron chi connectivity index (χ0n) is 9.54. The van der Waals surface area contributed by atoms with E-state index >= 15 is 0 Å². The highest BCUT2D eigenvalue weighted by Gasteiger charge is 2.13. The van der Waals surface area contributed by atoms with E-state index in [1.165, 1.54) is 6.20 Å². The molecule has 88 valence electrons. The normalized spacial score (nSPS) is 10.4. The standard InChI is InChI=1S/C12H13N3OS/c1-2-17-9-12(16)11-8-13-14-15(11)10-6-4-3-5-7-10/h3-8H,2,9H2,1H3. The monoisotopic (exact) mass is 247 g/mol. The number of nitrogens with zero attached hydrogens (tertiary/aromatic N) is 3. The SMILES string of the molecule is CCSCC(=O)c1cnnn1-c1ccccc1. The molecule has 0 aliphatic rings. The molecule has 0 atom stereocenters. The van der Waals surface area contributed by atoms with Crippen molar-refractivity contribution in [3.63, 3.8) is 0 Å². The summed E-state index contributed by atoms with van der Waals surface area (Å²) < 4.78 is 1.58. The van der Waals surface area contributed by atoms with Crippen molar-refractivity contribution in [1.82, 2.24) is 15.0 Å². The molecule has 2 aromatic rings. The first-order valence-corrected chi connectivity index (χ1v) is 6.55. The Morgan fingerprint density at radius 2 is 2.12 bits per heavy atom. The summed E-state index contributed by atoms with van der Waals surface area (Å²) in [5, 5.41) is 7.76. The van der Waals surface area contributed by atoms with Gasteiger partial charge in [0.2, 0.25) is 0 Å². The van der Waals surface area contributed by atoms with Crippen LogP contribution in [-0.2, 0) is 0 Å². The Labute approximate surface area is 104 Å². The molecule has 0 unspecified atom stereocenters. The molecule has 0 aliphatic carbocycles. The van der Waals surface area contributed by atoms with Crippen molar-refractivity contribution in [1.29, 1.82) is 0 Å². The number of rotatable bonds is 5. The molecular formula is C12H13N3OS. The van der Waals surface area contributed by atoms with Gasteiger partial charge in [-0.2, -0.15) is 11.8 Å². The maximum absolute atomic E-state index is 11.9. The predicted octanol–water partition coefficient (Wildman–Crippen LogP) is 2.20. The molecule has 2 rings (SSSR count). The second-order valence-corrected chi connectivity index (χ2v) is 4.70. The molecule has 0 radical (unpaired) electrons. The van der Waals surface area contributed by atoms with Crippen molar-refractivity contribution < 1.29 is 4.79 Å². The van der Waals surface area contributed by atoms with Crippen LogP contribution in [0.25, 0.3) is 5.69 Å². The molecule has 4 nitrogen and oxygen atoms in total. The number of hydrogen-bond donors (Lipinski definition) is 0. The molecule has 5 heteroatoms. The minimum absolute atomic E-state index is 0.0608. The zero-order chi connectivity index (χ0) is 12.1. The van der Waals surface area contributed by atoms with Crippen molar-refractivity contribution >= 4 is 17.5 Å². The van der Waals surface area contributed by atoms with Crippen LogP contribution in [0.15, 0.2) is 36.5 Å². The molecule has 1 heterocycles. The van der Waals surface area contributed by atoms with E-state index in [-0.39, 0.29) is 5.78 Å². The second kappa shape index (κ2) is 5.63. The van der Waals surface area contributed by atoms with Gasteiger partial charge in [0.15, 0.2) is 5.78 Å². The Kier molecular flexibility index (Phi) is 3.93. The number of aromatic nitrogens is 3. The third-order valence-electron chi connectivity index (χ3n) is 2.27. The van der Waals surface area contributed by atoms with Gasteiger partial charge in [0.25, 0.3) is 0 Å². The van der Waals surface area contributed by atoms with Crippen LogP contribution in [0.1, 0.15) is 17.4 Å².